The summed E-state index contributed by atoms with van der Waals surface area (Å²) in [6, 6.07) is -0.0556. The van der Waals surface area contributed by atoms with Crippen LogP contribution in [0, 0.1) is 5.92 Å². The predicted molar refractivity (Wildman–Crippen MR) is 51.9 cm³/mol. The van der Waals surface area contributed by atoms with Crippen molar-refractivity contribution in [1.29, 1.82) is 0 Å². The Morgan fingerprint density at radius 2 is 1.75 bits per heavy atom. The monoisotopic (exact) mass is 169 g/mol. The van der Waals surface area contributed by atoms with Gasteiger partial charge in [-0.05, 0) is 19.8 Å². The first-order valence-corrected chi connectivity index (χ1v) is 4.30. The first-order valence-electron chi connectivity index (χ1n) is 4.30. The molecule has 1 atom stereocenters. The Balaban J connectivity index is 4.29. The molecule has 0 aromatic carbocycles. The third kappa shape index (κ3) is 2.68. The summed E-state index contributed by atoms with van der Waals surface area (Å²) in [5, 5.41) is 0. The number of nitrogens with zero attached hydrogens (tertiary/aromatic N) is 1. The fraction of sp³-hybridized carbons (Fsp3) is 0.700. The van der Waals surface area contributed by atoms with Crippen molar-refractivity contribution >= 4 is 5.78 Å². The maximum atomic E-state index is 11.0. The smallest absolute Gasteiger partial charge is 0.151 e. The van der Waals surface area contributed by atoms with Crippen LogP contribution >= 0.6 is 0 Å². The summed E-state index contributed by atoms with van der Waals surface area (Å²) in [6.45, 7) is 11.6. The molecule has 0 fully saturated rings. The minimum absolute atomic E-state index is 0.0556. The summed E-state index contributed by atoms with van der Waals surface area (Å²) in [5.74, 6) is 0.580. The molecule has 0 aliphatic carbocycles. The van der Waals surface area contributed by atoms with E-state index in [1.165, 1.54) is 0 Å². The summed E-state index contributed by atoms with van der Waals surface area (Å²) in [7, 11) is 1.91. The van der Waals surface area contributed by atoms with Gasteiger partial charge in [0.05, 0.1) is 6.04 Å². The second-order valence-corrected chi connectivity index (χ2v) is 3.54. The molecule has 0 amide bonds. The lowest BCUT2D eigenvalue weighted by molar-refractivity contribution is -0.120. The second kappa shape index (κ2) is 4.29. The summed E-state index contributed by atoms with van der Waals surface area (Å²) < 4.78 is 0. The number of rotatable bonds is 4. The van der Waals surface area contributed by atoms with Gasteiger partial charge in [-0.25, -0.2) is 0 Å². The molecule has 0 aliphatic heterocycles. The van der Waals surface area contributed by atoms with Crippen LogP contribution in [0.1, 0.15) is 27.7 Å². The Kier molecular flexibility index (Phi) is 4.01. The molecule has 0 N–H and O–H groups in total. The van der Waals surface area contributed by atoms with E-state index in [1.54, 1.807) is 6.92 Å². The van der Waals surface area contributed by atoms with Crippen molar-refractivity contribution in [2.45, 2.75) is 33.7 Å². The van der Waals surface area contributed by atoms with Crippen LogP contribution in [0.2, 0.25) is 0 Å². The molecule has 0 spiro atoms. The highest BCUT2D eigenvalue weighted by Gasteiger charge is 2.16. The Labute approximate surface area is 75.3 Å². The molecular weight excluding hydrogens is 150 g/mol. The molecular formula is C10H19NO. The number of Topliss-reactive ketones (excluding diaryl/α,β-unsaturated/α-hetero) is 1. The van der Waals surface area contributed by atoms with Gasteiger partial charge < -0.3 is 4.90 Å². The van der Waals surface area contributed by atoms with Crippen molar-refractivity contribution in [2.24, 2.45) is 5.92 Å². The number of carbonyl (C=O) groups is 1. The van der Waals surface area contributed by atoms with Crippen molar-refractivity contribution < 1.29 is 4.79 Å². The van der Waals surface area contributed by atoms with E-state index in [-0.39, 0.29) is 11.8 Å². The molecule has 0 aromatic rings. The number of allylic oxidation sites excluding steroid dienone is 1. The van der Waals surface area contributed by atoms with Gasteiger partial charge >= 0.3 is 0 Å². The first-order chi connectivity index (χ1) is 5.37. The molecule has 0 heterocycles. The molecule has 0 saturated carbocycles. The Morgan fingerprint density at radius 1 is 1.33 bits per heavy atom. The molecule has 0 rings (SSSR count). The Morgan fingerprint density at radius 3 is 2.00 bits per heavy atom. The van der Waals surface area contributed by atoms with Crippen LogP contribution in [-0.4, -0.2) is 23.8 Å². The normalized spacial score (nSPS) is 12.8. The lowest BCUT2D eigenvalue weighted by atomic mass is 10.1. The van der Waals surface area contributed by atoms with Gasteiger partial charge in [0.25, 0.3) is 0 Å². The van der Waals surface area contributed by atoms with Crippen molar-refractivity contribution in [3.05, 3.63) is 12.3 Å². The van der Waals surface area contributed by atoms with Crippen molar-refractivity contribution in [2.75, 3.05) is 7.05 Å². The van der Waals surface area contributed by atoms with E-state index in [0.717, 1.165) is 5.70 Å². The van der Waals surface area contributed by atoms with E-state index < -0.39 is 0 Å². The third-order valence-electron chi connectivity index (χ3n) is 2.29. The van der Waals surface area contributed by atoms with Crippen LogP contribution in [-0.2, 0) is 4.79 Å². The largest absolute Gasteiger partial charge is 0.368 e. The molecule has 0 aliphatic rings. The molecule has 2 nitrogen and oxygen atoms in total. The standard InChI is InChI=1S/C10H19NO/c1-7(2)8(3)11(6)9(4)10(5)12/h7,9H,3H2,1-2,4-6H3. The second-order valence-electron chi connectivity index (χ2n) is 3.54. The van der Waals surface area contributed by atoms with Crippen molar-refractivity contribution in [1.82, 2.24) is 4.90 Å². The molecule has 0 bridgehead atoms. The van der Waals surface area contributed by atoms with Gasteiger partial charge in [-0.3, -0.25) is 4.79 Å². The highest BCUT2D eigenvalue weighted by atomic mass is 16.1. The van der Waals surface area contributed by atoms with Crippen molar-refractivity contribution in [3.63, 3.8) is 0 Å². The quantitative estimate of drug-likeness (QED) is 0.642. The van der Waals surface area contributed by atoms with E-state index in [2.05, 4.69) is 20.4 Å². The number of likely N-dealkylation sites (N-methyl/N-ethyl adjacent to an activating group) is 1. The third-order valence-corrected chi connectivity index (χ3v) is 2.29. The van der Waals surface area contributed by atoms with Crippen LogP contribution in [0.4, 0.5) is 0 Å². The lowest BCUT2D eigenvalue weighted by Gasteiger charge is -2.29. The maximum Gasteiger partial charge on any atom is 0.151 e. The van der Waals surface area contributed by atoms with Crippen molar-refractivity contribution in [3.8, 4) is 0 Å². The lowest BCUT2D eigenvalue weighted by Crippen LogP contribution is -2.35. The topological polar surface area (TPSA) is 20.3 Å². The molecule has 1 unspecified atom stereocenters. The number of hydrogen-bond acceptors (Lipinski definition) is 2. The Hall–Kier alpha value is -0.790. The van der Waals surface area contributed by atoms with Gasteiger partial charge in [-0.1, -0.05) is 20.4 Å². The highest BCUT2D eigenvalue weighted by Crippen LogP contribution is 2.13. The van der Waals surface area contributed by atoms with Gasteiger partial charge in [0.1, 0.15) is 0 Å². The molecule has 2 heteroatoms. The summed E-state index contributed by atoms with van der Waals surface area (Å²) >= 11 is 0. The summed E-state index contributed by atoms with van der Waals surface area (Å²) in [5.41, 5.74) is 1.01. The molecule has 0 saturated heterocycles. The fourth-order valence-electron chi connectivity index (χ4n) is 0.929. The average Bonchev–Trinajstić information content (AvgIpc) is 2.00. The van der Waals surface area contributed by atoms with Crippen LogP contribution in [0.5, 0.6) is 0 Å². The summed E-state index contributed by atoms with van der Waals surface area (Å²) in [4.78, 5) is 13.0. The number of hydrogen-bond donors (Lipinski definition) is 0. The van der Waals surface area contributed by atoms with Gasteiger partial charge in [0.2, 0.25) is 0 Å². The van der Waals surface area contributed by atoms with E-state index in [0.29, 0.717) is 5.92 Å². The zero-order valence-corrected chi connectivity index (χ0v) is 8.72. The minimum atomic E-state index is -0.0556. The van der Waals surface area contributed by atoms with E-state index in [9.17, 15) is 4.79 Å². The molecule has 0 radical (unpaired) electrons. The van der Waals surface area contributed by atoms with Crippen LogP contribution in [0.25, 0.3) is 0 Å². The highest BCUT2D eigenvalue weighted by molar-refractivity contribution is 5.81. The maximum absolute atomic E-state index is 11.0. The average molecular weight is 169 g/mol. The van der Waals surface area contributed by atoms with Gasteiger partial charge in [0, 0.05) is 12.7 Å². The first kappa shape index (κ1) is 11.2. The molecule has 0 aromatic heterocycles. The molecule has 12 heavy (non-hydrogen) atoms. The Bertz CT molecular complexity index is 184. The molecule has 70 valence electrons. The van der Waals surface area contributed by atoms with Gasteiger partial charge in [-0.15, -0.1) is 0 Å². The van der Waals surface area contributed by atoms with Gasteiger partial charge in [-0.2, -0.15) is 0 Å². The number of carbonyl (C=O) groups excluding carboxylic acids is 1. The van der Waals surface area contributed by atoms with E-state index >= 15 is 0 Å². The van der Waals surface area contributed by atoms with Crippen LogP contribution in [0.15, 0.2) is 12.3 Å². The van der Waals surface area contributed by atoms with Gasteiger partial charge in [0.15, 0.2) is 5.78 Å². The predicted octanol–water partition coefficient (Wildman–Crippen LogP) is 2.07. The fourth-order valence-corrected chi connectivity index (χ4v) is 0.929. The number of ketones is 1. The SMILES string of the molecule is C=C(C(C)C)N(C)C(C)C(C)=O. The summed E-state index contributed by atoms with van der Waals surface area (Å²) in [6.07, 6.45) is 0. The van der Waals surface area contributed by atoms with Crippen LogP contribution < -0.4 is 0 Å². The van der Waals surface area contributed by atoms with Crippen LogP contribution in [0.3, 0.4) is 0 Å². The minimum Gasteiger partial charge on any atom is -0.368 e. The zero-order chi connectivity index (χ0) is 9.89. The van der Waals surface area contributed by atoms with E-state index in [4.69, 9.17) is 0 Å². The van der Waals surface area contributed by atoms with E-state index in [1.807, 2.05) is 18.9 Å². The zero-order valence-electron chi connectivity index (χ0n) is 8.72.